The molecule has 1 aliphatic rings. The Kier molecular flexibility index (Phi) is 7.00. The highest BCUT2D eigenvalue weighted by Gasteiger charge is 2.20. The van der Waals surface area contributed by atoms with Crippen LogP contribution in [-0.2, 0) is 4.79 Å². The van der Waals surface area contributed by atoms with E-state index in [-0.39, 0.29) is 11.2 Å². The number of hydrogen-bond donors (Lipinski definition) is 1. The summed E-state index contributed by atoms with van der Waals surface area (Å²) in [6.07, 6.45) is 2.07. The second-order valence-electron chi connectivity index (χ2n) is 6.80. The Hall–Kier alpha value is -1.49. The zero-order valence-electron chi connectivity index (χ0n) is 15.0. The number of amides is 1. The van der Waals surface area contributed by atoms with E-state index >= 15 is 0 Å². The lowest BCUT2D eigenvalue weighted by atomic mass is 10.0. The smallest absolute Gasteiger partial charge is 0.230 e. The van der Waals surface area contributed by atoms with E-state index in [9.17, 15) is 4.79 Å². The number of carbonyl (C=O) groups is 1. The van der Waals surface area contributed by atoms with Crippen molar-refractivity contribution in [3.63, 3.8) is 0 Å². The Morgan fingerprint density at radius 2 is 1.73 bits per heavy atom. The van der Waals surface area contributed by atoms with Crippen LogP contribution in [0.1, 0.15) is 29.2 Å². The van der Waals surface area contributed by atoms with E-state index < -0.39 is 0 Å². The minimum absolute atomic E-state index is 0.122. The zero-order chi connectivity index (χ0) is 18.4. The van der Waals surface area contributed by atoms with Crippen molar-refractivity contribution in [2.45, 2.75) is 24.1 Å². The Bertz CT molecular complexity index is 700. The van der Waals surface area contributed by atoms with Crippen LogP contribution < -0.4 is 5.32 Å². The fraction of sp³-hybridized carbons (Fsp3) is 0.381. The third kappa shape index (κ3) is 5.50. The first-order chi connectivity index (χ1) is 12.6. The largest absolute Gasteiger partial charge is 0.353 e. The number of nitrogens with zero attached hydrogens (tertiary/aromatic N) is 1. The van der Waals surface area contributed by atoms with Gasteiger partial charge in [-0.1, -0.05) is 54.1 Å². The predicted octanol–water partition coefficient (Wildman–Crippen LogP) is 4.37. The lowest BCUT2D eigenvalue weighted by molar-refractivity contribution is -0.119. The van der Waals surface area contributed by atoms with Crippen LogP contribution in [0.15, 0.2) is 54.6 Å². The first-order valence-electron chi connectivity index (χ1n) is 9.02. The molecule has 2 aromatic carbocycles. The van der Waals surface area contributed by atoms with Crippen LogP contribution in [-0.4, -0.2) is 42.7 Å². The molecule has 1 atom stereocenters. The van der Waals surface area contributed by atoms with Crippen LogP contribution >= 0.6 is 23.4 Å². The summed E-state index contributed by atoms with van der Waals surface area (Å²) in [5, 5.41) is 4.05. The number of hydrogen-bond acceptors (Lipinski definition) is 3. The second-order valence-corrected chi connectivity index (χ2v) is 8.33. The summed E-state index contributed by atoms with van der Waals surface area (Å²) < 4.78 is 0. The van der Waals surface area contributed by atoms with Crippen LogP contribution in [0, 0.1) is 0 Å². The minimum Gasteiger partial charge on any atom is -0.353 e. The Labute approximate surface area is 165 Å². The summed E-state index contributed by atoms with van der Waals surface area (Å²) in [4.78, 5) is 14.8. The molecule has 138 valence electrons. The molecule has 1 heterocycles. The summed E-state index contributed by atoms with van der Waals surface area (Å²) >= 11 is 7.70. The maximum Gasteiger partial charge on any atom is 0.230 e. The number of benzene rings is 2. The van der Waals surface area contributed by atoms with E-state index in [4.69, 9.17) is 11.6 Å². The van der Waals surface area contributed by atoms with Crippen molar-refractivity contribution in [1.82, 2.24) is 10.2 Å². The van der Waals surface area contributed by atoms with E-state index in [1.165, 1.54) is 5.56 Å². The average Bonchev–Trinajstić information content (AvgIpc) is 2.66. The van der Waals surface area contributed by atoms with Gasteiger partial charge in [0.15, 0.2) is 0 Å². The van der Waals surface area contributed by atoms with E-state index in [0.717, 1.165) is 36.5 Å². The van der Waals surface area contributed by atoms with Gasteiger partial charge in [0.1, 0.15) is 0 Å². The summed E-state index contributed by atoms with van der Waals surface area (Å²) in [7, 11) is 2.13. The molecule has 0 bridgehead atoms. The van der Waals surface area contributed by atoms with Crippen LogP contribution in [0.3, 0.4) is 0 Å². The van der Waals surface area contributed by atoms with E-state index in [0.29, 0.717) is 11.8 Å². The van der Waals surface area contributed by atoms with E-state index in [2.05, 4.69) is 29.4 Å². The van der Waals surface area contributed by atoms with Gasteiger partial charge in [0.25, 0.3) is 0 Å². The standard InChI is InChI=1S/C21H25ClN2OS/c1-24-13-11-19(12-14-24)23-20(25)15-26-21(16-5-3-2-4-6-16)17-7-9-18(22)10-8-17/h2-10,19,21H,11-15H2,1H3,(H,23,25). The van der Waals surface area contributed by atoms with Crippen molar-refractivity contribution >= 4 is 29.3 Å². The molecule has 0 saturated carbocycles. The first kappa shape index (κ1) is 19.3. The van der Waals surface area contributed by atoms with Gasteiger partial charge in [-0.05, 0) is 56.2 Å². The normalized spacial score (nSPS) is 17.0. The topological polar surface area (TPSA) is 32.3 Å². The third-order valence-electron chi connectivity index (χ3n) is 4.74. The van der Waals surface area contributed by atoms with Crippen molar-refractivity contribution in [2.75, 3.05) is 25.9 Å². The molecular formula is C21H25ClN2OS. The van der Waals surface area contributed by atoms with E-state index in [1.807, 2.05) is 42.5 Å². The van der Waals surface area contributed by atoms with Gasteiger partial charge in [0.05, 0.1) is 11.0 Å². The van der Waals surface area contributed by atoms with Crippen molar-refractivity contribution in [2.24, 2.45) is 0 Å². The Balaban J connectivity index is 1.62. The maximum absolute atomic E-state index is 12.4. The fourth-order valence-corrected chi connectivity index (χ4v) is 4.46. The molecule has 3 rings (SSSR count). The molecule has 1 unspecified atom stereocenters. The quantitative estimate of drug-likeness (QED) is 0.797. The molecule has 1 amide bonds. The van der Waals surface area contributed by atoms with Gasteiger partial charge in [0.2, 0.25) is 5.91 Å². The fourth-order valence-electron chi connectivity index (χ4n) is 3.23. The number of thioether (sulfide) groups is 1. The van der Waals surface area contributed by atoms with Gasteiger partial charge in [0, 0.05) is 11.1 Å². The highest BCUT2D eigenvalue weighted by Crippen LogP contribution is 2.35. The van der Waals surface area contributed by atoms with Crippen molar-refractivity contribution in [3.05, 3.63) is 70.7 Å². The molecule has 5 heteroatoms. The van der Waals surface area contributed by atoms with Crippen LogP contribution in [0.4, 0.5) is 0 Å². The maximum atomic E-state index is 12.4. The summed E-state index contributed by atoms with van der Waals surface area (Å²) in [6, 6.07) is 18.5. The summed E-state index contributed by atoms with van der Waals surface area (Å²) in [6.45, 7) is 2.10. The Morgan fingerprint density at radius 1 is 1.12 bits per heavy atom. The minimum atomic E-state index is 0.122. The number of halogens is 1. The molecule has 0 radical (unpaired) electrons. The second kappa shape index (κ2) is 9.45. The van der Waals surface area contributed by atoms with E-state index in [1.54, 1.807) is 11.8 Å². The number of piperidine rings is 1. The molecule has 1 saturated heterocycles. The summed E-state index contributed by atoms with van der Waals surface area (Å²) in [5.41, 5.74) is 2.37. The average molecular weight is 389 g/mol. The van der Waals surface area contributed by atoms with Gasteiger partial charge in [-0.25, -0.2) is 0 Å². The lowest BCUT2D eigenvalue weighted by Crippen LogP contribution is -2.44. The molecule has 3 nitrogen and oxygen atoms in total. The molecule has 0 aromatic heterocycles. The highest BCUT2D eigenvalue weighted by atomic mass is 35.5. The molecule has 0 spiro atoms. The van der Waals surface area contributed by atoms with Gasteiger partial charge in [-0.15, -0.1) is 11.8 Å². The first-order valence-corrected chi connectivity index (χ1v) is 10.4. The molecule has 0 aliphatic carbocycles. The van der Waals surface area contributed by atoms with Gasteiger partial charge in [-0.3, -0.25) is 4.79 Å². The van der Waals surface area contributed by atoms with Crippen molar-refractivity contribution in [3.8, 4) is 0 Å². The van der Waals surface area contributed by atoms with Crippen molar-refractivity contribution in [1.29, 1.82) is 0 Å². The molecule has 1 aliphatic heterocycles. The monoisotopic (exact) mass is 388 g/mol. The summed E-state index contributed by atoms with van der Waals surface area (Å²) in [5.74, 6) is 0.577. The predicted molar refractivity (Wildman–Crippen MR) is 111 cm³/mol. The van der Waals surface area contributed by atoms with Gasteiger partial charge < -0.3 is 10.2 Å². The number of nitrogens with one attached hydrogen (secondary N) is 1. The van der Waals surface area contributed by atoms with Crippen LogP contribution in [0.2, 0.25) is 5.02 Å². The SMILES string of the molecule is CN1CCC(NC(=O)CSC(c2ccccc2)c2ccc(Cl)cc2)CC1. The molecule has 1 N–H and O–H groups in total. The number of rotatable bonds is 6. The zero-order valence-corrected chi connectivity index (χ0v) is 16.6. The number of likely N-dealkylation sites (tertiary alicyclic amines) is 1. The number of carbonyl (C=O) groups excluding carboxylic acids is 1. The third-order valence-corrected chi connectivity index (χ3v) is 6.30. The molecule has 26 heavy (non-hydrogen) atoms. The molecule has 1 fully saturated rings. The van der Waals surface area contributed by atoms with Gasteiger partial charge >= 0.3 is 0 Å². The van der Waals surface area contributed by atoms with Crippen LogP contribution in [0.5, 0.6) is 0 Å². The van der Waals surface area contributed by atoms with Crippen LogP contribution in [0.25, 0.3) is 0 Å². The highest BCUT2D eigenvalue weighted by molar-refractivity contribution is 8.00. The van der Waals surface area contributed by atoms with Gasteiger partial charge in [-0.2, -0.15) is 0 Å². The molecular weight excluding hydrogens is 364 g/mol. The lowest BCUT2D eigenvalue weighted by Gasteiger charge is -2.29. The molecule has 2 aromatic rings. The van der Waals surface area contributed by atoms with Crippen molar-refractivity contribution < 1.29 is 4.79 Å². The Morgan fingerprint density at radius 3 is 2.38 bits per heavy atom.